The SMILES string of the molecule is C[C@](O)(c1ccc(F)cc1)c1cnc(N2CC=C(c3ncnn4cc(-c5cnn([C@@H]6CCOC6)c5)cc34)CC2)nc1. The summed E-state index contributed by atoms with van der Waals surface area (Å²) in [7, 11) is 0. The maximum Gasteiger partial charge on any atom is 0.225 e. The maximum atomic E-state index is 13.3. The molecule has 4 aromatic heterocycles. The number of nitrogens with zero attached hydrogens (tertiary/aromatic N) is 8. The molecule has 0 radical (unpaired) electrons. The summed E-state index contributed by atoms with van der Waals surface area (Å²) in [6, 6.07) is 8.20. The molecule has 0 aliphatic carbocycles. The molecular weight excluding hydrogens is 523 g/mol. The third kappa shape index (κ3) is 4.76. The van der Waals surface area contributed by atoms with E-state index in [1.54, 1.807) is 37.8 Å². The minimum atomic E-state index is -1.33. The Balaban J connectivity index is 1.09. The lowest BCUT2D eigenvalue weighted by molar-refractivity contribution is 0.101. The molecule has 0 saturated carbocycles. The van der Waals surface area contributed by atoms with Crippen molar-refractivity contribution < 1.29 is 14.2 Å². The first-order valence-corrected chi connectivity index (χ1v) is 13.7. The first-order chi connectivity index (χ1) is 20.0. The normalized spacial score (nSPS) is 19.0. The van der Waals surface area contributed by atoms with Gasteiger partial charge in [-0.2, -0.15) is 10.2 Å². The highest BCUT2D eigenvalue weighted by Crippen LogP contribution is 2.31. The Morgan fingerprint density at radius 3 is 2.56 bits per heavy atom. The summed E-state index contributed by atoms with van der Waals surface area (Å²) in [5.74, 6) is 0.234. The average Bonchev–Trinajstić information content (AvgIpc) is 3.78. The van der Waals surface area contributed by atoms with Gasteiger partial charge >= 0.3 is 0 Å². The van der Waals surface area contributed by atoms with E-state index in [-0.39, 0.29) is 11.9 Å². The van der Waals surface area contributed by atoms with Crippen molar-refractivity contribution in [1.29, 1.82) is 0 Å². The smallest absolute Gasteiger partial charge is 0.225 e. The van der Waals surface area contributed by atoms with Crippen LogP contribution in [0.5, 0.6) is 0 Å². The largest absolute Gasteiger partial charge is 0.381 e. The van der Waals surface area contributed by atoms with Gasteiger partial charge in [0.1, 0.15) is 17.7 Å². The van der Waals surface area contributed by atoms with Crippen LogP contribution >= 0.6 is 0 Å². The van der Waals surface area contributed by atoms with Crippen molar-refractivity contribution in [3.63, 3.8) is 0 Å². The molecule has 41 heavy (non-hydrogen) atoms. The Morgan fingerprint density at radius 2 is 1.83 bits per heavy atom. The second kappa shape index (κ2) is 10.2. The third-order valence-electron chi connectivity index (χ3n) is 8.02. The molecule has 2 atom stereocenters. The minimum Gasteiger partial charge on any atom is -0.381 e. The third-order valence-corrected chi connectivity index (χ3v) is 8.02. The number of benzene rings is 1. The van der Waals surface area contributed by atoms with Gasteiger partial charge in [-0.1, -0.05) is 18.2 Å². The Hall–Kier alpha value is -4.48. The van der Waals surface area contributed by atoms with Crippen molar-refractivity contribution in [3.05, 3.63) is 96.4 Å². The summed E-state index contributed by atoms with van der Waals surface area (Å²) >= 11 is 0. The molecular formula is C30H29FN8O2. The predicted octanol–water partition coefficient (Wildman–Crippen LogP) is 4.03. The van der Waals surface area contributed by atoms with Crippen molar-refractivity contribution in [3.8, 4) is 11.1 Å². The maximum absolute atomic E-state index is 13.3. The lowest BCUT2D eigenvalue weighted by Crippen LogP contribution is -2.30. The Kier molecular flexibility index (Phi) is 6.32. The van der Waals surface area contributed by atoms with Crippen molar-refractivity contribution in [2.45, 2.75) is 31.4 Å². The molecule has 5 aromatic rings. The van der Waals surface area contributed by atoms with Gasteiger partial charge in [0.15, 0.2) is 0 Å². The summed E-state index contributed by atoms with van der Waals surface area (Å²) in [4.78, 5) is 15.8. The highest BCUT2D eigenvalue weighted by atomic mass is 19.1. The summed E-state index contributed by atoms with van der Waals surface area (Å²) in [5, 5.41) is 20.1. The fraction of sp³-hybridized carbons (Fsp3) is 0.300. The molecule has 0 spiro atoms. The number of rotatable bonds is 6. The first kappa shape index (κ1) is 25.5. The fourth-order valence-electron chi connectivity index (χ4n) is 5.50. The van der Waals surface area contributed by atoms with E-state index in [0.717, 1.165) is 53.9 Å². The van der Waals surface area contributed by atoms with Crippen molar-refractivity contribution in [1.82, 2.24) is 34.3 Å². The molecule has 208 valence electrons. The van der Waals surface area contributed by atoms with E-state index < -0.39 is 5.60 Å². The van der Waals surface area contributed by atoms with Crippen LogP contribution in [0.4, 0.5) is 10.3 Å². The number of aliphatic hydroxyl groups is 1. The Bertz CT molecular complexity index is 1720. The quantitative estimate of drug-likeness (QED) is 0.337. The topological polar surface area (TPSA) is 106 Å². The van der Waals surface area contributed by atoms with Crippen LogP contribution in [0.3, 0.4) is 0 Å². The first-order valence-electron chi connectivity index (χ1n) is 13.7. The molecule has 6 heterocycles. The van der Waals surface area contributed by atoms with E-state index in [1.807, 2.05) is 21.6 Å². The fourth-order valence-corrected chi connectivity index (χ4v) is 5.50. The molecule has 1 fully saturated rings. The number of hydrogen-bond acceptors (Lipinski definition) is 8. The Labute approximate surface area is 235 Å². The monoisotopic (exact) mass is 552 g/mol. The number of fused-ring (bicyclic) bond motifs is 1. The van der Waals surface area contributed by atoms with Gasteiger partial charge in [-0.15, -0.1) is 0 Å². The van der Waals surface area contributed by atoms with Crippen LogP contribution in [-0.4, -0.2) is 65.8 Å². The second-order valence-corrected chi connectivity index (χ2v) is 10.7. The number of hydrogen-bond donors (Lipinski definition) is 1. The van der Waals surface area contributed by atoms with Crippen LogP contribution in [-0.2, 0) is 10.3 Å². The van der Waals surface area contributed by atoms with E-state index in [4.69, 9.17) is 4.74 Å². The zero-order chi connectivity index (χ0) is 28.0. The highest BCUT2D eigenvalue weighted by Gasteiger charge is 2.27. The second-order valence-electron chi connectivity index (χ2n) is 10.7. The number of ether oxygens (including phenoxy) is 1. The van der Waals surface area contributed by atoms with Gasteiger partial charge in [-0.3, -0.25) is 4.68 Å². The average molecular weight is 553 g/mol. The lowest BCUT2D eigenvalue weighted by atomic mass is 9.90. The van der Waals surface area contributed by atoms with Crippen molar-refractivity contribution in [2.24, 2.45) is 0 Å². The molecule has 0 bridgehead atoms. The number of halogens is 1. The van der Waals surface area contributed by atoms with Crippen LogP contribution in [0.25, 0.3) is 22.2 Å². The zero-order valence-electron chi connectivity index (χ0n) is 22.6. The molecule has 1 aromatic carbocycles. The molecule has 1 N–H and O–H groups in total. The van der Waals surface area contributed by atoms with Crippen LogP contribution < -0.4 is 4.90 Å². The van der Waals surface area contributed by atoms with E-state index in [0.29, 0.717) is 30.2 Å². The Morgan fingerprint density at radius 1 is 1.00 bits per heavy atom. The van der Waals surface area contributed by atoms with E-state index in [2.05, 4.69) is 48.4 Å². The molecule has 11 heteroatoms. The van der Waals surface area contributed by atoms with Crippen molar-refractivity contribution >= 4 is 17.0 Å². The molecule has 2 aliphatic heterocycles. The van der Waals surface area contributed by atoms with Crippen LogP contribution in [0.2, 0.25) is 0 Å². The van der Waals surface area contributed by atoms with Crippen LogP contribution in [0, 0.1) is 5.82 Å². The summed E-state index contributed by atoms with van der Waals surface area (Å²) < 4.78 is 22.7. The van der Waals surface area contributed by atoms with Crippen molar-refractivity contribution in [2.75, 3.05) is 31.2 Å². The summed E-state index contributed by atoms with van der Waals surface area (Å²) in [6.07, 6.45) is 14.7. The minimum absolute atomic E-state index is 0.287. The van der Waals surface area contributed by atoms with Gasteiger partial charge in [-0.05, 0) is 49.1 Å². The van der Waals surface area contributed by atoms with Gasteiger partial charge in [0.2, 0.25) is 5.95 Å². The van der Waals surface area contributed by atoms with Crippen LogP contribution in [0.1, 0.15) is 42.6 Å². The molecule has 7 rings (SSSR count). The summed E-state index contributed by atoms with van der Waals surface area (Å²) in [5.41, 5.74) is 4.86. The molecule has 2 aliphatic rings. The van der Waals surface area contributed by atoms with E-state index in [9.17, 15) is 9.50 Å². The molecule has 0 amide bonds. The molecule has 0 unspecified atom stereocenters. The molecule has 10 nitrogen and oxygen atoms in total. The van der Waals surface area contributed by atoms with Gasteiger partial charge in [0, 0.05) is 61.2 Å². The number of anilines is 1. The molecule has 1 saturated heterocycles. The van der Waals surface area contributed by atoms with Gasteiger partial charge in [0.25, 0.3) is 0 Å². The number of aromatic nitrogens is 7. The van der Waals surface area contributed by atoms with Crippen LogP contribution in [0.15, 0.2) is 73.7 Å². The highest BCUT2D eigenvalue weighted by molar-refractivity contribution is 5.80. The van der Waals surface area contributed by atoms with E-state index >= 15 is 0 Å². The van der Waals surface area contributed by atoms with E-state index in [1.165, 1.54) is 12.1 Å². The van der Waals surface area contributed by atoms with Gasteiger partial charge in [0.05, 0.1) is 30.1 Å². The lowest BCUT2D eigenvalue weighted by Gasteiger charge is -2.28. The summed E-state index contributed by atoms with van der Waals surface area (Å²) in [6.45, 7) is 4.48. The van der Waals surface area contributed by atoms with Gasteiger partial charge in [-0.25, -0.2) is 23.9 Å². The van der Waals surface area contributed by atoms with Gasteiger partial charge < -0.3 is 14.7 Å². The zero-order valence-corrected chi connectivity index (χ0v) is 22.6. The predicted molar refractivity (Wildman–Crippen MR) is 151 cm³/mol. The standard InChI is InChI=1S/C30H29FN8O2/c1-30(40,23-2-4-25(31)5-3-23)24-14-32-29(33-15-24)37-9-6-20(7-10-37)28-27-12-21(16-39(27)36-19-34-28)22-13-35-38(17-22)26-8-11-41-18-26/h2-6,12-17,19,26,40H,7-11,18H2,1H3/t26-,30+/m1/s1.